The summed E-state index contributed by atoms with van der Waals surface area (Å²) in [5.41, 5.74) is 5.18. The highest BCUT2D eigenvalue weighted by molar-refractivity contribution is 6.36. The number of carboxylic acids is 1. The van der Waals surface area contributed by atoms with Crippen LogP contribution in [-0.2, 0) is 6.61 Å². The van der Waals surface area contributed by atoms with Crippen molar-refractivity contribution < 1.29 is 14.6 Å². The van der Waals surface area contributed by atoms with Gasteiger partial charge in [0.25, 0.3) is 0 Å². The molecule has 1 aliphatic heterocycles. The number of carboxylic acid groups (broad SMARTS) is 1. The summed E-state index contributed by atoms with van der Waals surface area (Å²) < 4.78 is 5.92. The van der Waals surface area contributed by atoms with Gasteiger partial charge in [-0.15, -0.1) is 0 Å². The number of aromatic amines is 1. The predicted octanol–water partition coefficient (Wildman–Crippen LogP) is 6.96. The van der Waals surface area contributed by atoms with Crippen LogP contribution in [0.15, 0.2) is 54.6 Å². The number of rotatable bonds is 3. The quantitative estimate of drug-likeness (QED) is 0.338. The van der Waals surface area contributed by atoms with Gasteiger partial charge in [0, 0.05) is 26.2 Å². The van der Waals surface area contributed by atoms with Gasteiger partial charge in [0.1, 0.15) is 18.1 Å². The third kappa shape index (κ3) is 3.45. The summed E-state index contributed by atoms with van der Waals surface area (Å²) >= 11 is 18.7. The van der Waals surface area contributed by atoms with Crippen molar-refractivity contribution in [1.29, 1.82) is 0 Å². The van der Waals surface area contributed by atoms with E-state index < -0.39 is 5.97 Å². The van der Waals surface area contributed by atoms with Crippen LogP contribution >= 0.6 is 34.8 Å². The van der Waals surface area contributed by atoms with Crippen molar-refractivity contribution in [1.82, 2.24) is 10.2 Å². The fourth-order valence-electron chi connectivity index (χ4n) is 3.74. The number of aromatic carboxylic acids is 1. The number of fused-ring (bicyclic) bond motifs is 3. The highest BCUT2D eigenvalue weighted by Crippen LogP contribution is 2.46. The van der Waals surface area contributed by atoms with Crippen LogP contribution in [0.5, 0.6) is 5.75 Å². The molecule has 0 spiro atoms. The summed E-state index contributed by atoms with van der Waals surface area (Å²) in [5, 5.41) is 17.9. The number of nitrogens with one attached hydrogen (secondary N) is 1. The Morgan fingerprint density at radius 3 is 2.35 bits per heavy atom. The van der Waals surface area contributed by atoms with Gasteiger partial charge in [0.2, 0.25) is 0 Å². The molecular formula is C23H13Cl3N2O3. The number of halogens is 3. The molecule has 2 N–H and O–H groups in total. The molecule has 0 saturated carbocycles. The molecule has 0 amide bonds. The van der Waals surface area contributed by atoms with Gasteiger partial charge in [-0.3, -0.25) is 5.10 Å². The van der Waals surface area contributed by atoms with E-state index in [0.29, 0.717) is 37.6 Å². The Hall–Kier alpha value is -2.99. The second kappa shape index (κ2) is 7.61. The van der Waals surface area contributed by atoms with E-state index in [0.717, 1.165) is 22.3 Å². The Morgan fingerprint density at radius 1 is 0.903 bits per heavy atom. The monoisotopic (exact) mass is 470 g/mol. The number of nitrogens with zero attached hydrogens (tertiary/aromatic N) is 1. The maximum absolute atomic E-state index is 11.5. The molecule has 0 unspecified atom stereocenters. The lowest BCUT2D eigenvalue weighted by molar-refractivity contribution is 0.0687. The maximum atomic E-state index is 11.5. The van der Waals surface area contributed by atoms with Gasteiger partial charge < -0.3 is 9.84 Å². The third-order valence-corrected chi connectivity index (χ3v) is 6.00. The van der Waals surface area contributed by atoms with Crippen LogP contribution in [0.2, 0.25) is 15.1 Å². The number of carbonyl (C=O) groups is 1. The average molecular weight is 472 g/mol. The van der Waals surface area contributed by atoms with Crippen LogP contribution in [-0.4, -0.2) is 21.3 Å². The molecule has 0 aliphatic carbocycles. The molecule has 0 saturated heterocycles. The summed E-state index contributed by atoms with van der Waals surface area (Å²) in [6.07, 6.45) is 0. The molecule has 0 radical (unpaired) electrons. The molecule has 31 heavy (non-hydrogen) atoms. The Morgan fingerprint density at radius 2 is 1.65 bits per heavy atom. The van der Waals surface area contributed by atoms with Gasteiger partial charge in [-0.1, -0.05) is 53.0 Å². The molecule has 5 nitrogen and oxygen atoms in total. The first-order valence-corrected chi connectivity index (χ1v) is 10.4. The summed E-state index contributed by atoms with van der Waals surface area (Å²) in [6.45, 7) is 0.113. The van der Waals surface area contributed by atoms with Gasteiger partial charge >= 0.3 is 5.97 Å². The number of H-pyrrole nitrogens is 1. The fourth-order valence-corrected chi connectivity index (χ4v) is 4.37. The van der Waals surface area contributed by atoms with E-state index >= 15 is 0 Å². The third-order valence-electron chi connectivity index (χ3n) is 5.20. The first kappa shape index (κ1) is 19.9. The number of ether oxygens (including phenoxy) is 1. The van der Waals surface area contributed by atoms with E-state index in [-0.39, 0.29) is 12.3 Å². The highest BCUT2D eigenvalue weighted by atomic mass is 35.5. The Kier molecular flexibility index (Phi) is 4.89. The summed E-state index contributed by atoms with van der Waals surface area (Å²) in [4.78, 5) is 11.5. The van der Waals surface area contributed by atoms with Crippen molar-refractivity contribution in [3.05, 3.63) is 80.9 Å². The van der Waals surface area contributed by atoms with Gasteiger partial charge in [0.15, 0.2) is 5.69 Å². The highest BCUT2D eigenvalue weighted by Gasteiger charge is 2.28. The first-order chi connectivity index (χ1) is 14.9. The van der Waals surface area contributed by atoms with Crippen LogP contribution in [0.1, 0.15) is 16.1 Å². The van der Waals surface area contributed by atoms with E-state index in [2.05, 4.69) is 10.2 Å². The lowest BCUT2D eigenvalue weighted by atomic mass is 9.90. The minimum Gasteiger partial charge on any atom is -0.488 e. The van der Waals surface area contributed by atoms with Crippen molar-refractivity contribution in [2.75, 3.05) is 0 Å². The summed E-state index contributed by atoms with van der Waals surface area (Å²) in [5.74, 6) is -0.478. The van der Waals surface area contributed by atoms with Crippen molar-refractivity contribution in [3.63, 3.8) is 0 Å². The van der Waals surface area contributed by atoms with E-state index in [1.54, 1.807) is 12.1 Å². The van der Waals surface area contributed by atoms with Crippen LogP contribution in [0.4, 0.5) is 0 Å². The van der Waals surface area contributed by atoms with Gasteiger partial charge in [-0.05, 0) is 53.1 Å². The smallest absolute Gasteiger partial charge is 0.354 e. The van der Waals surface area contributed by atoms with E-state index in [1.165, 1.54) is 0 Å². The van der Waals surface area contributed by atoms with Crippen molar-refractivity contribution >= 4 is 40.8 Å². The van der Waals surface area contributed by atoms with Gasteiger partial charge in [-0.25, -0.2) is 4.79 Å². The topological polar surface area (TPSA) is 75.2 Å². The van der Waals surface area contributed by atoms with Gasteiger partial charge in [-0.2, -0.15) is 5.10 Å². The molecule has 0 fully saturated rings. The first-order valence-electron chi connectivity index (χ1n) is 9.25. The Labute approximate surface area is 192 Å². The van der Waals surface area contributed by atoms with E-state index in [4.69, 9.17) is 39.5 Å². The lowest BCUT2D eigenvalue weighted by Crippen LogP contribution is -2.09. The minimum absolute atomic E-state index is 0.0218. The standard InChI is InChI=1S/C23H13Cl3N2O3/c24-12-3-1-11(2-4-12)15-9-20-17(8-16(15)14-6-5-13(25)7-19(14)26)21-18(10-31-20)22(23(29)30)28-27-21/h1-9H,10H2,(H,27,28)(H,29,30). The van der Waals surface area contributed by atoms with Gasteiger partial charge in [0.05, 0.1) is 5.56 Å². The SMILES string of the molecule is O=C(O)c1[nH]nc2c1COc1cc(-c3ccc(Cl)cc3)c(-c3ccc(Cl)cc3Cl)cc1-2. The fraction of sp³-hybridized carbons (Fsp3) is 0.0435. The molecular weight excluding hydrogens is 459 g/mol. The van der Waals surface area contributed by atoms with Crippen molar-refractivity contribution in [3.8, 4) is 39.3 Å². The summed E-state index contributed by atoms with van der Waals surface area (Å²) in [6, 6.07) is 16.6. The Bertz CT molecular complexity index is 1350. The molecule has 0 atom stereocenters. The van der Waals surface area contributed by atoms with Crippen LogP contribution < -0.4 is 4.74 Å². The van der Waals surface area contributed by atoms with Crippen molar-refractivity contribution in [2.24, 2.45) is 0 Å². The molecule has 3 aromatic carbocycles. The zero-order valence-corrected chi connectivity index (χ0v) is 18.0. The number of hydrogen-bond acceptors (Lipinski definition) is 3. The van der Waals surface area contributed by atoms with Crippen LogP contribution in [0.3, 0.4) is 0 Å². The number of hydrogen-bond donors (Lipinski definition) is 2. The molecule has 1 aromatic heterocycles. The Balaban J connectivity index is 1.78. The second-order valence-electron chi connectivity index (χ2n) is 7.04. The normalized spacial score (nSPS) is 12.1. The maximum Gasteiger partial charge on any atom is 0.354 e. The average Bonchev–Trinajstić information content (AvgIpc) is 3.18. The lowest BCUT2D eigenvalue weighted by Gasteiger charge is -2.21. The van der Waals surface area contributed by atoms with E-state index in [9.17, 15) is 9.90 Å². The minimum atomic E-state index is -1.08. The predicted molar refractivity (Wildman–Crippen MR) is 121 cm³/mol. The van der Waals surface area contributed by atoms with E-state index in [1.807, 2.05) is 42.5 Å². The molecule has 2 heterocycles. The zero-order valence-electron chi connectivity index (χ0n) is 15.7. The van der Waals surface area contributed by atoms with Crippen molar-refractivity contribution in [2.45, 2.75) is 6.61 Å². The molecule has 0 bridgehead atoms. The second-order valence-corrected chi connectivity index (χ2v) is 8.32. The molecule has 5 rings (SSSR count). The zero-order chi connectivity index (χ0) is 21.7. The number of benzene rings is 3. The summed E-state index contributed by atoms with van der Waals surface area (Å²) in [7, 11) is 0. The number of aromatic nitrogens is 2. The largest absolute Gasteiger partial charge is 0.488 e. The molecule has 1 aliphatic rings. The molecule has 4 aromatic rings. The molecule has 154 valence electrons. The van der Waals surface area contributed by atoms with Crippen LogP contribution in [0.25, 0.3) is 33.5 Å². The molecule has 8 heteroatoms. The van der Waals surface area contributed by atoms with Crippen LogP contribution in [0, 0.1) is 0 Å².